The van der Waals surface area contributed by atoms with Crippen molar-refractivity contribution >= 4 is 0 Å². The number of hydrogen-bond acceptors (Lipinski definition) is 3. The van der Waals surface area contributed by atoms with E-state index in [-0.39, 0.29) is 0 Å². The highest BCUT2D eigenvalue weighted by Gasteiger charge is 2.35. The highest BCUT2D eigenvalue weighted by Crippen LogP contribution is 2.19. The van der Waals surface area contributed by atoms with E-state index in [0.717, 1.165) is 32.9 Å². The summed E-state index contributed by atoms with van der Waals surface area (Å²) in [6, 6.07) is 0.536. The maximum Gasteiger partial charge on any atom is 0.0986 e. The van der Waals surface area contributed by atoms with E-state index in [0.29, 0.717) is 12.1 Å². The number of fused-ring (bicyclic) bond motifs is 1. The lowest BCUT2D eigenvalue weighted by Gasteiger charge is -2.35. The Kier molecular flexibility index (Phi) is 2.11. The summed E-state index contributed by atoms with van der Waals surface area (Å²) in [6.07, 6.45) is 0.351. The Labute approximate surface area is 67.3 Å². The smallest absolute Gasteiger partial charge is 0.0986 e. The minimum Gasteiger partial charge on any atom is -0.377 e. The van der Waals surface area contributed by atoms with Crippen LogP contribution in [0.4, 0.5) is 0 Å². The summed E-state index contributed by atoms with van der Waals surface area (Å²) in [7, 11) is 0. The van der Waals surface area contributed by atoms with Crippen LogP contribution < -0.4 is 0 Å². The van der Waals surface area contributed by atoms with Gasteiger partial charge in [-0.2, -0.15) is 0 Å². The summed E-state index contributed by atoms with van der Waals surface area (Å²) < 4.78 is 10.9. The van der Waals surface area contributed by atoms with Gasteiger partial charge in [0.15, 0.2) is 0 Å². The minimum atomic E-state index is 0.351. The van der Waals surface area contributed by atoms with Crippen LogP contribution in [0.25, 0.3) is 0 Å². The molecule has 0 radical (unpaired) electrons. The van der Waals surface area contributed by atoms with Crippen LogP contribution >= 0.6 is 0 Å². The van der Waals surface area contributed by atoms with E-state index in [9.17, 15) is 0 Å². The molecular weight excluding hydrogens is 142 g/mol. The zero-order valence-corrected chi connectivity index (χ0v) is 6.95. The first-order chi connectivity index (χ1) is 5.42. The zero-order valence-electron chi connectivity index (χ0n) is 6.95. The van der Waals surface area contributed by atoms with E-state index in [4.69, 9.17) is 9.47 Å². The molecule has 0 aliphatic carbocycles. The van der Waals surface area contributed by atoms with E-state index in [2.05, 4.69) is 11.8 Å². The van der Waals surface area contributed by atoms with Gasteiger partial charge in [0, 0.05) is 6.54 Å². The van der Waals surface area contributed by atoms with Crippen molar-refractivity contribution in [2.75, 3.05) is 32.9 Å². The van der Waals surface area contributed by atoms with E-state index in [1.807, 2.05) is 0 Å². The molecule has 64 valence electrons. The highest BCUT2D eigenvalue weighted by molar-refractivity contribution is 4.87. The third kappa shape index (κ3) is 1.28. The van der Waals surface area contributed by atoms with Gasteiger partial charge in [-0.1, -0.05) is 6.92 Å². The quantitative estimate of drug-likeness (QED) is 0.539. The Morgan fingerprint density at radius 3 is 3.18 bits per heavy atom. The van der Waals surface area contributed by atoms with Gasteiger partial charge in [-0.25, -0.2) is 0 Å². The maximum absolute atomic E-state index is 5.57. The number of likely N-dealkylation sites (N-methyl/N-ethyl adjacent to an activating group) is 1. The van der Waals surface area contributed by atoms with Crippen molar-refractivity contribution in [3.05, 3.63) is 0 Å². The number of nitrogens with zero attached hydrogens (tertiary/aromatic N) is 1. The van der Waals surface area contributed by atoms with E-state index >= 15 is 0 Å². The largest absolute Gasteiger partial charge is 0.377 e. The van der Waals surface area contributed by atoms with Crippen LogP contribution in [0.1, 0.15) is 6.92 Å². The maximum atomic E-state index is 5.57. The Balaban J connectivity index is 2.00. The molecule has 2 aliphatic heterocycles. The van der Waals surface area contributed by atoms with Gasteiger partial charge >= 0.3 is 0 Å². The lowest BCUT2D eigenvalue weighted by molar-refractivity contribution is -0.0460. The van der Waals surface area contributed by atoms with Crippen molar-refractivity contribution in [1.82, 2.24) is 4.90 Å². The molecule has 2 fully saturated rings. The van der Waals surface area contributed by atoms with Gasteiger partial charge in [0.05, 0.1) is 32.0 Å². The van der Waals surface area contributed by atoms with Crippen LogP contribution in [-0.2, 0) is 9.47 Å². The molecule has 0 aromatic rings. The molecule has 3 nitrogen and oxygen atoms in total. The van der Waals surface area contributed by atoms with Gasteiger partial charge in [0.2, 0.25) is 0 Å². The van der Waals surface area contributed by atoms with Crippen LogP contribution in [-0.4, -0.2) is 50.0 Å². The molecule has 3 heteroatoms. The van der Waals surface area contributed by atoms with Crippen LogP contribution in [0.15, 0.2) is 0 Å². The van der Waals surface area contributed by atoms with E-state index < -0.39 is 0 Å². The first-order valence-corrected chi connectivity index (χ1v) is 4.35. The minimum absolute atomic E-state index is 0.351. The Bertz CT molecular complexity index is 140. The van der Waals surface area contributed by atoms with E-state index in [1.165, 1.54) is 0 Å². The summed E-state index contributed by atoms with van der Waals surface area (Å²) in [6.45, 7) is 6.91. The first-order valence-electron chi connectivity index (χ1n) is 4.35. The molecule has 0 aromatic heterocycles. The molecule has 1 unspecified atom stereocenters. The molecule has 2 aliphatic rings. The Morgan fingerprint density at radius 2 is 2.36 bits per heavy atom. The molecule has 0 amide bonds. The van der Waals surface area contributed by atoms with Crippen LogP contribution in [0.5, 0.6) is 0 Å². The van der Waals surface area contributed by atoms with Gasteiger partial charge < -0.3 is 9.47 Å². The monoisotopic (exact) mass is 157 g/mol. The second-order valence-corrected chi connectivity index (χ2v) is 3.14. The van der Waals surface area contributed by atoms with Gasteiger partial charge in [0.1, 0.15) is 0 Å². The van der Waals surface area contributed by atoms with Crippen molar-refractivity contribution < 1.29 is 9.47 Å². The van der Waals surface area contributed by atoms with Crippen molar-refractivity contribution in [3.8, 4) is 0 Å². The number of ether oxygens (including phenoxy) is 2. The lowest BCUT2D eigenvalue weighted by atomic mass is 10.1. The third-order valence-electron chi connectivity index (χ3n) is 2.59. The topological polar surface area (TPSA) is 21.7 Å². The fourth-order valence-corrected chi connectivity index (χ4v) is 1.90. The van der Waals surface area contributed by atoms with Crippen LogP contribution in [0, 0.1) is 0 Å². The average molecular weight is 157 g/mol. The first kappa shape index (κ1) is 7.53. The molecule has 2 rings (SSSR count). The number of rotatable bonds is 1. The summed E-state index contributed by atoms with van der Waals surface area (Å²) in [4.78, 5) is 2.45. The van der Waals surface area contributed by atoms with Gasteiger partial charge in [-0.15, -0.1) is 0 Å². The summed E-state index contributed by atoms with van der Waals surface area (Å²) in [5, 5.41) is 0. The lowest BCUT2D eigenvalue weighted by Crippen LogP contribution is -2.50. The molecule has 0 saturated carbocycles. The SMILES string of the molecule is CCN1CCO[C@H]2COCC21. The second kappa shape index (κ2) is 3.09. The summed E-state index contributed by atoms with van der Waals surface area (Å²) in [5.41, 5.74) is 0. The van der Waals surface area contributed by atoms with E-state index in [1.54, 1.807) is 0 Å². The predicted octanol–water partition coefficient (Wildman–Crippen LogP) is 0.106. The number of morpholine rings is 1. The molecule has 0 bridgehead atoms. The fourth-order valence-electron chi connectivity index (χ4n) is 1.90. The van der Waals surface area contributed by atoms with Gasteiger partial charge in [-0.05, 0) is 6.54 Å². The normalized spacial score (nSPS) is 39.0. The molecule has 0 aromatic carbocycles. The molecule has 2 heterocycles. The molecule has 2 atom stereocenters. The molecule has 0 spiro atoms. The van der Waals surface area contributed by atoms with Crippen molar-refractivity contribution in [1.29, 1.82) is 0 Å². The van der Waals surface area contributed by atoms with Gasteiger partial charge in [-0.3, -0.25) is 4.90 Å². The van der Waals surface area contributed by atoms with Crippen molar-refractivity contribution in [2.45, 2.75) is 19.1 Å². The van der Waals surface area contributed by atoms with Crippen molar-refractivity contribution in [3.63, 3.8) is 0 Å². The fraction of sp³-hybridized carbons (Fsp3) is 1.00. The predicted molar refractivity (Wildman–Crippen MR) is 41.6 cm³/mol. The summed E-state index contributed by atoms with van der Waals surface area (Å²) >= 11 is 0. The summed E-state index contributed by atoms with van der Waals surface area (Å²) in [5.74, 6) is 0. The second-order valence-electron chi connectivity index (χ2n) is 3.14. The highest BCUT2D eigenvalue weighted by atomic mass is 16.6. The van der Waals surface area contributed by atoms with Crippen LogP contribution in [0.2, 0.25) is 0 Å². The molecule has 0 N–H and O–H groups in total. The Morgan fingerprint density at radius 1 is 1.45 bits per heavy atom. The molecular formula is C8H15NO2. The average Bonchev–Trinajstić information content (AvgIpc) is 2.50. The number of hydrogen-bond donors (Lipinski definition) is 0. The van der Waals surface area contributed by atoms with Gasteiger partial charge in [0.25, 0.3) is 0 Å². The van der Waals surface area contributed by atoms with Crippen molar-refractivity contribution in [2.24, 2.45) is 0 Å². The standard InChI is InChI=1S/C8H15NO2/c1-2-9-3-4-11-8-6-10-5-7(8)9/h7-8H,2-6H2,1H3/t7?,8-/m0/s1. The molecule has 11 heavy (non-hydrogen) atoms. The van der Waals surface area contributed by atoms with Crippen LogP contribution in [0.3, 0.4) is 0 Å². The Hall–Kier alpha value is -0.120. The zero-order chi connectivity index (χ0) is 7.68. The third-order valence-corrected chi connectivity index (χ3v) is 2.59. The molecule has 2 saturated heterocycles.